The molecule has 2 amide bonds. The summed E-state index contributed by atoms with van der Waals surface area (Å²) in [6, 6.07) is 21.5. The van der Waals surface area contributed by atoms with Gasteiger partial charge in [0.15, 0.2) is 6.61 Å². The second-order valence-corrected chi connectivity index (χ2v) is 10.6. The van der Waals surface area contributed by atoms with Gasteiger partial charge in [0.25, 0.3) is 11.8 Å². The van der Waals surface area contributed by atoms with Gasteiger partial charge >= 0.3 is 0 Å². The number of hydrazone groups is 1. The highest BCUT2D eigenvalue weighted by Crippen LogP contribution is 2.24. The number of benzene rings is 3. The second-order valence-electron chi connectivity index (χ2n) is 8.72. The molecule has 0 heterocycles. The quantitative estimate of drug-likeness (QED) is 0.262. The van der Waals surface area contributed by atoms with Crippen LogP contribution < -0.4 is 24.5 Å². The lowest BCUT2D eigenvalue weighted by atomic mass is 10.1. The van der Waals surface area contributed by atoms with Crippen LogP contribution in [0, 0.1) is 0 Å². The van der Waals surface area contributed by atoms with E-state index in [1.54, 1.807) is 48.5 Å². The first-order chi connectivity index (χ1) is 18.6. The van der Waals surface area contributed by atoms with Crippen molar-refractivity contribution < 1.29 is 27.5 Å². The second kappa shape index (κ2) is 13.4. The van der Waals surface area contributed by atoms with Gasteiger partial charge in [0.2, 0.25) is 10.0 Å². The number of anilines is 1. The molecule has 206 valence electrons. The van der Waals surface area contributed by atoms with Gasteiger partial charge in [-0.2, -0.15) is 5.10 Å². The Bertz CT molecular complexity index is 1380. The highest BCUT2D eigenvalue weighted by Gasteiger charge is 2.29. The van der Waals surface area contributed by atoms with Crippen LogP contribution >= 0.6 is 0 Å². The van der Waals surface area contributed by atoms with Crippen molar-refractivity contribution in [1.29, 1.82) is 0 Å². The third kappa shape index (κ3) is 8.57. The highest BCUT2D eigenvalue weighted by atomic mass is 32.2. The van der Waals surface area contributed by atoms with Crippen molar-refractivity contribution in [2.24, 2.45) is 5.10 Å². The van der Waals surface area contributed by atoms with Gasteiger partial charge in [-0.15, -0.1) is 0 Å². The maximum Gasteiger partial charge on any atom is 0.263 e. The maximum atomic E-state index is 12.7. The Morgan fingerprint density at radius 3 is 2.15 bits per heavy atom. The minimum Gasteiger partial charge on any atom is -0.497 e. The molecule has 0 saturated carbocycles. The number of hydrogen-bond donors (Lipinski definition) is 2. The SMILES string of the molecule is COc1ccc(N([C@H](C)C(=O)N/N=C\c2ccc(OCC(=O)N[C@H](C)c3ccccc3)cc2)S(C)(=O)=O)cc1. The molecule has 3 aromatic carbocycles. The third-order valence-corrected chi connectivity index (χ3v) is 6.97. The molecule has 0 spiro atoms. The fraction of sp³-hybridized carbons (Fsp3) is 0.250. The molecule has 0 bridgehead atoms. The minimum absolute atomic E-state index is 0.135. The molecular formula is C28H32N4O6S. The van der Waals surface area contributed by atoms with Gasteiger partial charge in [-0.05, 0) is 73.5 Å². The average Bonchev–Trinajstić information content (AvgIpc) is 2.92. The van der Waals surface area contributed by atoms with Crippen molar-refractivity contribution in [3.05, 3.63) is 90.0 Å². The lowest BCUT2D eigenvalue weighted by Gasteiger charge is -2.27. The summed E-state index contributed by atoms with van der Waals surface area (Å²) in [7, 11) is -2.25. The highest BCUT2D eigenvalue weighted by molar-refractivity contribution is 7.92. The van der Waals surface area contributed by atoms with Gasteiger partial charge in [0, 0.05) is 0 Å². The minimum atomic E-state index is -3.76. The predicted octanol–water partition coefficient (Wildman–Crippen LogP) is 3.26. The average molecular weight is 553 g/mol. The predicted molar refractivity (Wildman–Crippen MR) is 150 cm³/mol. The van der Waals surface area contributed by atoms with E-state index in [4.69, 9.17) is 9.47 Å². The molecule has 11 heteroatoms. The van der Waals surface area contributed by atoms with Crippen LogP contribution in [-0.2, 0) is 19.6 Å². The van der Waals surface area contributed by atoms with Crippen molar-refractivity contribution in [3.63, 3.8) is 0 Å². The normalized spacial score (nSPS) is 12.8. The first-order valence-corrected chi connectivity index (χ1v) is 14.0. The van der Waals surface area contributed by atoms with Gasteiger partial charge in [-0.25, -0.2) is 13.8 Å². The molecule has 2 atom stereocenters. The van der Waals surface area contributed by atoms with E-state index in [-0.39, 0.29) is 18.6 Å². The van der Waals surface area contributed by atoms with Crippen molar-refractivity contribution in [2.75, 3.05) is 24.3 Å². The molecule has 10 nitrogen and oxygen atoms in total. The maximum absolute atomic E-state index is 12.7. The molecule has 2 N–H and O–H groups in total. The molecule has 3 rings (SSSR count). The Balaban J connectivity index is 1.52. The number of hydrogen-bond acceptors (Lipinski definition) is 7. The molecule has 0 aliphatic carbocycles. The molecule has 0 fully saturated rings. The summed E-state index contributed by atoms with van der Waals surface area (Å²) in [5.41, 5.74) is 4.36. The van der Waals surface area contributed by atoms with Crippen LogP contribution in [0.15, 0.2) is 84.0 Å². The number of nitrogens with one attached hydrogen (secondary N) is 2. The number of amides is 2. The number of methoxy groups -OCH3 is 1. The Morgan fingerprint density at radius 2 is 1.56 bits per heavy atom. The molecule has 0 radical (unpaired) electrons. The standard InChI is InChI=1S/C28H32N4O6S/c1-20(23-8-6-5-7-9-23)30-27(33)19-38-26-14-10-22(11-15-26)18-29-31-28(34)21(2)32(39(4,35)36)24-12-16-25(37-3)17-13-24/h5-18,20-21H,19H2,1-4H3,(H,30,33)(H,31,34)/b29-18-/t20-,21-/m1/s1. The first kappa shape index (κ1) is 29.2. The number of rotatable bonds is 12. The molecule has 0 aliphatic heterocycles. The number of nitrogens with zero attached hydrogens (tertiary/aromatic N) is 2. The molecular weight excluding hydrogens is 520 g/mol. The fourth-order valence-corrected chi connectivity index (χ4v) is 4.88. The summed E-state index contributed by atoms with van der Waals surface area (Å²) < 4.78 is 36.5. The Kier molecular flexibility index (Phi) is 10.0. The van der Waals surface area contributed by atoms with Crippen LogP contribution in [0.25, 0.3) is 0 Å². The van der Waals surface area contributed by atoms with Crippen molar-refractivity contribution >= 4 is 33.7 Å². The number of carbonyl (C=O) groups excluding carboxylic acids is 2. The largest absolute Gasteiger partial charge is 0.497 e. The first-order valence-electron chi connectivity index (χ1n) is 12.1. The molecule has 0 unspecified atom stereocenters. The number of carbonyl (C=O) groups is 2. The summed E-state index contributed by atoms with van der Waals surface area (Å²) >= 11 is 0. The molecule has 0 saturated heterocycles. The van der Waals surface area contributed by atoms with Crippen molar-refractivity contribution in [2.45, 2.75) is 25.9 Å². The van der Waals surface area contributed by atoms with Crippen LogP contribution in [0.5, 0.6) is 11.5 Å². The van der Waals surface area contributed by atoms with E-state index >= 15 is 0 Å². The molecule has 3 aromatic rings. The monoisotopic (exact) mass is 552 g/mol. The topological polar surface area (TPSA) is 126 Å². The van der Waals surface area contributed by atoms with Crippen molar-refractivity contribution in [3.8, 4) is 11.5 Å². The lowest BCUT2D eigenvalue weighted by Crippen LogP contribution is -2.46. The fourth-order valence-electron chi connectivity index (χ4n) is 3.71. The zero-order chi connectivity index (χ0) is 28.4. The van der Waals surface area contributed by atoms with E-state index in [1.165, 1.54) is 20.2 Å². The van der Waals surface area contributed by atoms with Gasteiger partial charge in [0.05, 0.1) is 31.3 Å². The molecule has 39 heavy (non-hydrogen) atoms. The Morgan fingerprint density at radius 1 is 0.949 bits per heavy atom. The summed E-state index contributed by atoms with van der Waals surface area (Å²) in [6.07, 6.45) is 2.45. The zero-order valence-corrected chi connectivity index (χ0v) is 23.0. The van der Waals surface area contributed by atoms with E-state index in [0.29, 0.717) is 22.7 Å². The van der Waals surface area contributed by atoms with Gasteiger partial charge in [-0.1, -0.05) is 30.3 Å². The van der Waals surface area contributed by atoms with Crippen LogP contribution in [0.1, 0.15) is 31.0 Å². The summed E-state index contributed by atoms with van der Waals surface area (Å²) in [6.45, 7) is 3.24. The zero-order valence-electron chi connectivity index (χ0n) is 22.2. The third-order valence-electron chi connectivity index (χ3n) is 5.73. The van der Waals surface area contributed by atoms with E-state index in [1.807, 2.05) is 37.3 Å². The summed E-state index contributed by atoms with van der Waals surface area (Å²) in [5, 5.41) is 6.83. The summed E-state index contributed by atoms with van der Waals surface area (Å²) in [4.78, 5) is 24.9. The van der Waals surface area contributed by atoms with E-state index in [0.717, 1.165) is 16.1 Å². The van der Waals surface area contributed by atoms with E-state index in [9.17, 15) is 18.0 Å². The van der Waals surface area contributed by atoms with Crippen LogP contribution in [-0.4, -0.2) is 52.5 Å². The van der Waals surface area contributed by atoms with Crippen molar-refractivity contribution in [1.82, 2.24) is 10.7 Å². The Labute approximate surface area is 228 Å². The van der Waals surface area contributed by atoms with Crippen LogP contribution in [0.2, 0.25) is 0 Å². The summed E-state index contributed by atoms with van der Waals surface area (Å²) in [5.74, 6) is 0.205. The van der Waals surface area contributed by atoms with Gasteiger partial charge < -0.3 is 14.8 Å². The molecule has 0 aliphatic rings. The van der Waals surface area contributed by atoms with E-state index < -0.39 is 22.0 Å². The molecule has 0 aromatic heterocycles. The van der Waals surface area contributed by atoms with E-state index in [2.05, 4.69) is 15.8 Å². The van der Waals surface area contributed by atoms with Gasteiger partial charge in [-0.3, -0.25) is 13.9 Å². The van der Waals surface area contributed by atoms with Crippen LogP contribution in [0.3, 0.4) is 0 Å². The van der Waals surface area contributed by atoms with Crippen LogP contribution in [0.4, 0.5) is 5.69 Å². The lowest BCUT2D eigenvalue weighted by molar-refractivity contribution is -0.124. The number of sulfonamides is 1. The smallest absolute Gasteiger partial charge is 0.263 e. The van der Waals surface area contributed by atoms with Gasteiger partial charge in [0.1, 0.15) is 17.5 Å². The number of ether oxygens (including phenoxy) is 2. The Hall–Kier alpha value is -4.38.